The van der Waals surface area contributed by atoms with Crippen molar-refractivity contribution in [2.75, 3.05) is 7.11 Å². The second kappa shape index (κ2) is 10.6. The number of hydrogen-bond donors (Lipinski definition) is 0. The number of rotatable bonds is 6. The third-order valence-electron chi connectivity index (χ3n) is 5.37. The van der Waals surface area contributed by atoms with Gasteiger partial charge in [-0.1, -0.05) is 39.5 Å². The third-order valence-corrected chi connectivity index (χ3v) is 5.37. The molecule has 1 aliphatic heterocycles. The zero-order valence-electron chi connectivity index (χ0n) is 20.3. The second-order valence-electron chi connectivity index (χ2n) is 9.25. The van der Waals surface area contributed by atoms with Crippen molar-refractivity contribution in [3.63, 3.8) is 0 Å². The van der Waals surface area contributed by atoms with Crippen molar-refractivity contribution in [3.05, 3.63) is 52.1 Å². The molecule has 0 radical (unpaired) electrons. The predicted octanol–water partition coefficient (Wildman–Crippen LogP) is 6.48. The molecule has 0 atom stereocenters. The molecule has 0 amide bonds. The standard InChI is InChI=1S/C28H32O5/c1-17(2)9-7-8-10-20-14-19(5)15-21-16-32-28(30)25-24(33-26(20)21)12-11-22(27(25)31-6)23(29)13-18(3)4/h11-12,14-15,17-18H,7,9,13,16H2,1-6H3. The van der Waals surface area contributed by atoms with Gasteiger partial charge in [-0.05, 0) is 55.0 Å². The summed E-state index contributed by atoms with van der Waals surface area (Å²) in [4.78, 5) is 25.7. The van der Waals surface area contributed by atoms with Crippen LogP contribution in [0.5, 0.6) is 17.2 Å². The SMILES string of the molecule is COc1c(C(=O)CC(C)C)ccc2c1C(=O)OCc1cc(C)cc(C#CCCC(C)C)c1O2. The van der Waals surface area contributed by atoms with E-state index in [4.69, 9.17) is 14.2 Å². The summed E-state index contributed by atoms with van der Waals surface area (Å²) >= 11 is 0. The Hall–Kier alpha value is -3.26. The minimum atomic E-state index is -0.585. The van der Waals surface area contributed by atoms with Crippen LogP contribution in [0.3, 0.4) is 0 Å². The molecule has 0 spiro atoms. The van der Waals surface area contributed by atoms with E-state index in [0.29, 0.717) is 23.7 Å². The Balaban J connectivity index is 2.09. The van der Waals surface area contributed by atoms with E-state index < -0.39 is 5.97 Å². The first-order chi connectivity index (χ1) is 15.7. The fraction of sp³-hybridized carbons (Fsp3) is 0.429. The van der Waals surface area contributed by atoms with Crippen LogP contribution in [0.4, 0.5) is 0 Å². The Labute approximate surface area is 196 Å². The summed E-state index contributed by atoms with van der Waals surface area (Å²) in [6, 6.07) is 7.20. The highest BCUT2D eigenvalue weighted by Crippen LogP contribution is 2.40. The molecule has 5 nitrogen and oxygen atoms in total. The molecule has 0 saturated carbocycles. The van der Waals surface area contributed by atoms with Crippen molar-refractivity contribution in [2.45, 2.75) is 60.5 Å². The van der Waals surface area contributed by atoms with E-state index in [0.717, 1.165) is 29.5 Å². The van der Waals surface area contributed by atoms with Gasteiger partial charge in [-0.15, -0.1) is 0 Å². The van der Waals surface area contributed by atoms with Gasteiger partial charge in [-0.2, -0.15) is 0 Å². The quantitative estimate of drug-likeness (QED) is 0.287. The molecule has 1 heterocycles. The number of carbonyl (C=O) groups is 2. The number of aryl methyl sites for hydroxylation is 1. The summed E-state index contributed by atoms with van der Waals surface area (Å²) in [5, 5.41) is 0. The van der Waals surface area contributed by atoms with Crippen LogP contribution in [0.2, 0.25) is 0 Å². The highest BCUT2D eigenvalue weighted by molar-refractivity contribution is 6.05. The Morgan fingerprint density at radius 3 is 2.58 bits per heavy atom. The maximum atomic E-state index is 13.0. The van der Waals surface area contributed by atoms with Crippen molar-refractivity contribution in [2.24, 2.45) is 11.8 Å². The van der Waals surface area contributed by atoms with Crippen molar-refractivity contribution < 1.29 is 23.8 Å². The Bertz CT molecular complexity index is 1120. The van der Waals surface area contributed by atoms with E-state index in [1.165, 1.54) is 7.11 Å². The van der Waals surface area contributed by atoms with Gasteiger partial charge in [0.1, 0.15) is 29.4 Å². The second-order valence-corrected chi connectivity index (χ2v) is 9.25. The smallest absolute Gasteiger partial charge is 0.346 e. The monoisotopic (exact) mass is 448 g/mol. The van der Waals surface area contributed by atoms with Crippen LogP contribution in [0.25, 0.3) is 0 Å². The molecule has 0 fully saturated rings. The minimum absolute atomic E-state index is 0.0449. The molecule has 1 aliphatic rings. The van der Waals surface area contributed by atoms with E-state index in [1.54, 1.807) is 12.1 Å². The number of ketones is 1. The van der Waals surface area contributed by atoms with E-state index in [2.05, 4.69) is 25.7 Å². The minimum Gasteiger partial charge on any atom is -0.495 e. The molecular weight excluding hydrogens is 416 g/mol. The third kappa shape index (κ3) is 5.76. The first-order valence-electron chi connectivity index (χ1n) is 11.4. The lowest BCUT2D eigenvalue weighted by Crippen LogP contribution is -2.16. The first-order valence-corrected chi connectivity index (χ1v) is 11.4. The zero-order valence-corrected chi connectivity index (χ0v) is 20.3. The lowest BCUT2D eigenvalue weighted by Gasteiger charge is -2.22. The predicted molar refractivity (Wildman–Crippen MR) is 128 cm³/mol. The molecule has 0 N–H and O–H groups in total. The molecule has 174 valence electrons. The summed E-state index contributed by atoms with van der Waals surface area (Å²) in [6.45, 7) is 10.3. The number of fused-ring (bicyclic) bond motifs is 2. The normalized spacial score (nSPS) is 12.5. The van der Waals surface area contributed by atoms with Crippen molar-refractivity contribution in [3.8, 4) is 29.1 Å². The zero-order chi connectivity index (χ0) is 24.1. The topological polar surface area (TPSA) is 61.8 Å². The Morgan fingerprint density at radius 2 is 1.91 bits per heavy atom. The molecular formula is C28H32O5. The lowest BCUT2D eigenvalue weighted by molar-refractivity contribution is 0.0455. The van der Waals surface area contributed by atoms with Gasteiger partial charge in [0.05, 0.1) is 18.2 Å². The first kappa shape index (κ1) is 24.4. The number of carbonyl (C=O) groups excluding carboxylic acids is 2. The fourth-order valence-electron chi connectivity index (χ4n) is 3.77. The van der Waals surface area contributed by atoms with Gasteiger partial charge in [0.2, 0.25) is 0 Å². The van der Waals surface area contributed by atoms with Gasteiger partial charge < -0.3 is 14.2 Å². The molecule has 5 heteroatoms. The molecule has 2 aromatic rings. The maximum absolute atomic E-state index is 13.0. The van der Waals surface area contributed by atoms with Crippen LogP contribution in [0.1, 0.15) is 84.4 Å². The van der Waals surface area contributed by atoms with Crippen molar-refractivity contribution in [1.29, 1.82) is 0 Å². The van der Waals surface area contributed by atoms with E-state index in [1.807, 2.05) is 32.9 Å². The number of benzene rings is 2. The highest BCUT2D eigenvalue weighted by atomic mass is 16.5. The number of cyclic esters (lactones) is 1. The molecule has 0 saturated heterocycles. The average molecular weight is 449 g/mol. The molecule has 0 aliphatic carbocycles. The summed E-state index contributed by atoms with van der Waals surface area (Å²) in [5.41, 5.74) is 2.98. The Kier molecular flexibility index (Phi) is 7.81. The maximum Gasteiger partial charge on any atom is 0.346 e. The van der Waals surface area contributed by atoms with Crippen LogP contribution >= 0.6 is 0 Å². The molecule has 2 aromatic carbocycles. The van der Waals surface area contributed by atoms with Crippen LogP contribution in [0, 0.1) is 30.6 Å². The molecule has 0 unspecified atom stereocenters. The summed E-state index contributed by atoms with van der Waals surface area (Å²) in [5.74, 6) is 7.60. The molecule has 33 heavy (non-hydrogen) atoms. The molecule has 0 aromatic heterocycles. The molecule has 0 bridgehead atoms. The Morgan fingerprint density at radius 1 is 1.15 bits per heavy atom. The van der Waals surface area contributed by atoms with Gasteiger partial charge in [0.25, 0.3) is 0 Å². The van der Waals surface area contributed by atoms with Gasteiger partial charge in [0.15, 0.2) is 5.78 Å². The number of esters is 1. The fourth-order valence-corrected chi connectivity index (χ4v) is 3.77. The van der Waals surface area contributed by atoms with E-state index in [9.17, 15) is 9.59 Å². The highest BCUT2D eigenvalue weighted by Gasteiger charge is 2.29. The van der Waals surface area contributed by atoms with E-state index >= 15 is 0 Å². The van der Waals surface area contributed by atoms with Crippen LogP contribution in [-0.4, -0.2) is 18.9 Å². The van der Waals surface area contributed by atoms with Crippen LogP contribution < -0.4 is 9.47 Å². The lowest BCUT2D eigenvalue weighted by atomic mass is 9.97. The van der Waals surface area contributed by atoms with Crippen LogP contribution in [0.15, 0.2) is 24.3 Å². The van der Waals surface area contributed by atoms with Crippen molar-refractivity contribution in [1.82, 2.24) is 0 Å². The van der Waals surface area contributed by atoms with Crippen LogP contribution in [-0.2, 0) is 11.3 Å². The largest absolute Gasteiger partial charge is 0.495 e. The van der Waals surface area contributed by atoms with Gasteiger partial charge in [0, 0.05) is 18.4 Å². The van der Waals surface area contributed by atoms with Gasteiger partial charge in [-0.25, -0.2) is 4.79 Å². The number of methoxy groups -OCH3 is 1. The van der Waals surface area contributed by atoms with Gasteiger partial charge in [-0.3, -0.25) is 4.79 Å². The average Bonchev–Trinajstić information content (AvgIpc) is 2.74. The number of ether oxygens (including phenoxy) is 3. The summed E-state index contributed by atoms with van der Waals surface area (Å²) in [7, 11) is 1.44. The summed E-state index contributed by atoms with van der Waals surface area (Å²) < 4.78 is 17.4. The molecule has 3 rings (SSSR count). The number of hydrogen-bond acceptors (Lipinski definition) is 5. The summed E-state index contributed by atoms with van der Waals surface area (Å²) in [6.07, 6.45) is 2.16. The van der Waals surface area contributed by atoms with Gasteiger partial charge >= 0.3 is 5.97 Å². The number of Topliss-reactive ketones (excluding diaryl/α,β-unsaturated/α-hetero) is 1. The van der Waals surface area contributed by atoms with Crippen molar-refractivity contribution >= 4 is 11.8 Å². The van der Waals surface area contributed by atoms with E-state index in [-0.39, 0.29) is 35.4 Å².